The number of ether oxygens (including phenoxy) is 3. The summed E-state index contributed by atoms with van der Waals surface area (Å²) in [7, 11) is 0. The van der Waals surface area contributed by atoms with E-state index in [1.807, 2.05) is 18.2 Å². The number of carbonyl (C=O) groups is 1. The predicted molar refractivity (Wildman–Crippen MR) is 59.3 cm³/mol. The number of carbonyl (C=O) groups excluding carboxylic acids is 1. The van der Waals surface area contributed by atoms with Crippen LogP contribution in [0.2, 0.25) is 0 Å². The largest absolute Gasteiger partial charge is 0.486 e. The molecule has 2 heterocycles. The fourth-order valence-electron chi connectivity index (χ4n) is 2.05. The average molecular weight is 235 g/mol. The average Bonchev–Trinajstić information content (AvgIpc) is 2.38. The van der Waals surface area contributed by atoms with Gasteiger partial charge < -0.3 is 19.5 Å². The summed E-state index contributed by atoms with van der Waals surface area (Å²) in [4.78, 5) is 11.1. The van der Waals surface area contributed by atoms with E-state index in [9.17, 15) is 4.79 Å². The van der Waals surface area contributed by atoms with Gasteiger partial charge in [0.1, 0.15) is 13.2 Å². The molecular weight excluding hydrogens is 222 g/mol. The highest BCUT2D eigenvalue weighted by atomic mass is 16.6. The molecule has 1 aromatic carbocycles. The van der Waals surface area contributed by atoms with E-state index in [0.29, 0.717) is 19.8 Å². The Morgan fingerprint density at radius 1 is 1.06 bits per heavy atom. The van der Waals surface area contributed by atoms with E-state index in [2.05, 4.69) is 5.32 Å². The summed E-state index contributed by atoms with van der Waals surface area (Å²) >= 11 is 0. The van der Waals surface area contributed by atoms with Crippen molar-refractivity contribution in [3.05, 3.63) is 23.8 Å². The first-order valence-corrected chi connectivity index (χ1v) is 5.66. The molecule has 0 radical (unpaired) electrons. The van der Waals surface area contributed by atoms with E-state index in [4.69, 9.17) is 14.2 Å². The van der Waals surface area contributed by atoms with E-state index in [-0.39, 0.29) is 12.1 Å². The van der Waals surface area contributed by atoms with Gasteiger partial charge in [-0.1, -0.05) is 6.07 Å². The summed E-state index contributed by atoms with van der Waals surface area (Å²) in [5, 5.41) is 2.78. The molecule has 17 heavy (non-hydrogen) atoms. The van der Waals surface area contributed by atoms with Gasteiger partial charge in [0.2, 0.25) is 0 Å². The summed E-state index contributed by atoms with van der Waals surface area (Å²) in [6.07, 6.45) is 0.405. The molecule has 90 valence electrons. The van der Waals surface area contributed by atoms with Gasteiger partial charge in [0.05, 0.1) is 12.6 Å². The molecule has 1 fully saturated rings. The van der Waals surface area contributed by atoms with Gasteiger partial charge in [-0.3, -0.25) is 0 Å². The first-order valence-electron chi connectivity index (χ1n) is 5.66. The van der Waals surface area contributed by atoms with Crippen molar-refractivity contribution >= 4 is 6.09 Å². The van der Waals surface area contributed by atoms with Crippen LogP contribution < -0.4 is 14.8 Å². The van der Waals surface area contributed by atoms with Crippen molar-refractivity contribution in [1.29, 1.82) is 0 Å². The van der Waals surface area contributed by atoms with Crippen molar-refractivity contribution in [3.63, 3.8) is 0 Å². The van der Waals surface area contributed by atoms with Gasteiger partial charge in [-0.25, -0.2) is 4.79 Å². The lowest BCUT2D eigenvalue weighted by Crippen LogP contribution is -2.35. The Morgan fingerprint density at radius 3 is 2.71 bits per heavy atom. The zero-order valence-electron chi connectivity index (χ0n) is 9.27. The van der Waals surface area contributed by atoms with Crippen molar-refractivity contribution in [2.75, 3.05) is 19.8 Å². The summed E-state index contributed by atoms with van der Waals surface area (Å²) in [5.74, 6) is 1.51. The van der Waals surface area contributed by atoms with Crippen LogP contribution in [0.1, 0.15) is 18.0 Å². The molecule has 3 rings (SSSR count). The second-order valence-electron chi connectivity index (χ2n) is 4.02. The normalized spacial score (nSPS) is 22.6. The summed E-state index contributed by atoms with van der Waals surface area (Å²) in [6, 6.07) is 5.74. The highest BCUT2D eigenvalue weighted by molar-refractivity contribution is 5.68. The van der Waals surface area contributed by atoms with Crippen molar-refractivity contribution in [1.82, 2.24) is 5.32 Å². The first kappa shape index (κ1) is 10.3. The Hall–Kier alpha value is -1.91. The zero-order chi connectivity index (χ0) is 11.7. The van der Waals surface area contributed by atoms with Crippen LogP contribution in [0.5, 0.6) is 11.5 Å². The molecule has 2 aliphatic rings. The molecule has 1 atom stereocenters. The Morgan fingerprint density at radius 2 is 1.88 bits per heavy atom. The standard InChI is InChI=1S/C12H13NO4/c14-12-13-9(3-4-17-12)8-1-2-10-11(7-8)16-6-5-15-10/h1-2,7,9H,3-6H2,(H,13,14)/t9-/m1/s1. The molecule has 1 saturated heterocycles. The summed E-state index contributed by atoms with van der Waals surface area (Å²) in [6.45, 7) is 1.60. The Balaban J connectivity index is 1.85. The molecule has 0 spiro atoms. The number of hydrogen-bond donors (Lipinski definition) is 1. The summed E-state index contributed by atoms with van der Waals surface area (Å²) < 4.78 is 15.8. The van der Waals surface area contributed by atoms with E-state index < -0.39 is 0 Å². The third-order valence-electron chi connectivity index (χ3n) is 2.90. The lowest BCUT2D eigenvalue weighted by molar-refractivity contribution is 0.115. The molecule has 1 amide bonds. The number of rotatable bonds is 1. The van der Waals surface area contributed by atoms with Crippen molar-refractivity contribution < 1.29 is 19.0 Å². The van der Waals surface area contributed by atoms with E-state index in [1.54, 1.807) is 0 Å². The van der Waals surface area contributed by atoms with Gasteiger partial charge in [-0.05, 0) is 17.7 Å². The van der Waals surface area contributed by atoms with Crippen LogP contribution in [0.4, 0.5) is 4.79 Å². The second kappa shape index (κ2) is 4.16. The zero-order valence-corrected chi connectivity index (χ0v) is 9.27. The minimum Gasteiger partial charge on any atom is -0.486 e. The number of amides is 1. The van der Waals surface area contributed by atoms with Crippen molar-refractivity contribution in [3.8, 4) is 11.5 Å². The minimum atomic E-state index is -0.365. The quantitative estimate of drug-likeness (QED) is 0.803. The second-order valence-corrected chi connectivity index (χ2v) is 4.02. The molecule has 0 saturated carbocycles. The van der Waals surface area contributed by atoms with E-state index in [1.165, 1.54) is 0 Å². The van der Waals surface area contributed by atoms with Gasteiger partial charge >= 0.3 is 6.09 Å². The molecule has 0 aliphatic carbocycles. The third-order valence-corrected chi connectivity index (χ3v) is 2.90. The predicted octanol–water partition coefficient (Wildman–Crippen LogP) is 1.63. The first-order chi connectivity index (χ1) is 8.33. The lowest BCUT2D eigenvalue weighted by atomic mass is 10.0. The highest BCUT2D eigenvalue weighted by Crippen LogP contribution is 2.33. The van der Waals surface area contributed by atoms with Gasteiger partial charge in [0, 0.05) is 6.42 Å². The van der Waals surface area contributed by atoms with E-state index in [0.717, 1.165) is 23.5 Å². The monoisotopic (exact) mass is 235 g/mol. The highest BCUT2D eigenvalue weighted by Gasteiger charge is 2.22. The maximum Gasteiger partial charge on any atom is 0.407 e. The number of hydrogen-bond acceptors (Lipinski definition) is 4. The Bertz CT molecular complexity index is 446. The SMILES string of the molecule is O=C1N[C@@H](c2ccc3c(c2)OCCO3)CCO1. The van der Waals surface area contributed by atoms with Crippen LogP contribution in [-0.2, 0) is 4.74 Å². The van der Waals surface area contributed by atoms with Gasteiger partial charge in [0.15, 0.2) is 11.5 Å². The van der Waals surface area contributed by atoms with Crippen LogP contribution in [0.3, 0.4) is 0 Å². The third kappa shape index (κ3) is 2.00. The molecule has 1 N–H and O–H groups in total. The molecular formula is C12H13NO4. The smallest absolute Gasteiger partial charge is 0.407 e. The van der Waals surface area contributed by atoms with Crippen molar-refractivity contribution in [2.24, 2.45) is 0 Å². The maximum atomic E-state index is 11.1. The Kier molecular flexibility index (Phi) is 2.51. The molecule has 0 bridgehead atoms. The van der Waals surface area contributed by atoms with Crippen LogP contribution >= 0.6 is 0 Å². The molecule has 5 nitrogen and oxygen atoms in total. The number of nitrogens with one attached hydrogen (secondary N) is 1. The lowest BCUT2D eigenvalue weighted by Gasteiger charge is -2.25. The van der Waals surface area contributed by atoms with Crippen LogP contribution in [0, 0.1) is 0 Å². The number of fused-ring (bicyclic) bond motifs is 1. The molecule has 0 unspecified atom stereocenters. The van der Waals surface area contributed by atoms with Crippen LogP contribution in [0.25, 0.3) is 0 Å². The number of cyclic esters (lactones) is 1. The number of benzene rings is 1. The molecule has 2 aliphatic heterocycles. The van der Waals surface area contributed by atoms with Crippen LogP contribution in [0.15, 0.2) is 18.2 Å². The molecule has 5 heteroatoms. The molecule has 1 aromatic rings. The fourth-order valence-corrected chi connectivity index (χ4v) is 2.05. The number of alkyl carbamates (subject to hydrolysis) is 1. The van der Waals surface area contributed by atoms with Gasteiger partial charge in [0.25, 0.3) is 0 Å². The van der Waals surface area contributed by atoms with Gasteiger partial charge in [-0.15, -0.1) is 0 Å². The van der Waals surface area contributed by atoms with Gasteiger partial charge in [-0.2, -0.15) is 0 Å². The Labute approximate surface area is 98.7 Å². The minimum absolute atomic E-state index is 0.00734. The van der Waals surface area contributed by atoms with Crippen LogP contribution in [-0.4, -0.2) is 25.9 Å². The molecule has 0 aromatic heterocycles. The fraction of sp³-hybridized carbons (Fsp3) is 0.417. The van der Waals surface area contributed by atoms with E-state index >= 15 is 0 Å². The summed E-state index contributed by atoms with van der Waals surface area (Å²) in [5.41, 5.74) is 1.02. The topological polar surface area (TPSA) is 56.8 Å². The van der Waals surface area contributed by atoms with Crippen molar-refractivity contribution in [2.45, 2.75) is 12.5 Å². The maximum absolute atomic E-state index is 11.1.